The zero-order valence-corrected chi connectivity index (χ0v) is 5.64. The van der Waals surface area contributed by atoms with E-state index >= 15 is 0 Å². The first-order valence-electron chi connectivity index (χ1n) is 2.75. The van der Waals surface area contributed by atoms with E-state index in [9.17, 15) is 4.39 Å². The summed E-state index contributed by atoms with van der Waals surface area (Å²) in [6.07, 6.45) is 0.769. The van der Waals surface area contributed by atoms with Crippen LogP contribution in [-0.2, 0) is 0 Å². The highest BCUT2D eigenvalue weighted by Gasteiger charge is 2.03. The van der Waals surface area contributed by atoms with E-state index in [1.807, 2.05) is 0 Å². The molecule has 0 atom stereocenters. The van der Waals surface area contributed by atoms with Gasteiger partial charge in [-0.05, 0) is 10.6 Å². The van der Waals surface area contributed by atoms with E-state index in [-0.39, 0.29) is 11.5 Å². The Morgan fingerprint density at radius 3 is 3.08 bits per heavy atom. The molecule has 0 aliphatic rings. The van der Waals surface area contributed by atoms with Crippen molar-refractivity contribution in [3.8, 4) is 6.07 Å². The topological polar surface area (TPSA) is 98.3 Å². The molecule has 1 aromatic heterocycles. The number of azide groups is 1. The monoisotopic (exact) mass is 164 g/mol. The third-order valence-electron chi connectivity index (χ3n) is 0.969. The summed E-state index contributed by atoms with van der Waals surface area (Å²) in [6, 6.07) is 1.54. The number of halogens is 1. The van der Waals surface area contributed by atoms with E-state index < -0.39 is 5.95 Å². The van der Waals surface area contributed by atoms with Crippen molar-refractivity contribution in [3.63, 3.8) is 0 Å². The maximum absolute atomic E-state index is 12.3. The molecular formula is C5HFN6. The molecule has 0 saturated heterocycles. The Hall–Kier alpha value is -2.19. The Bertz CT molecular complexity index is 387. The number of rotatable bonds is 1. The van der Waals surface area contributed by atoms with Crippen molar-refractivity contribution in [2.45, 2.75) is 0 Å². The fourth-order valence-corrected chi connectivity index (χ4v) is 0.552. The first-order valence-corrected chi connectivity index (χ1v) is 2.75. The molecule has 0 aromatic carbocycles. The molecule has 0 saturated carbocycles. The molecule has 0 aliphatic carbocycles. The fourth-order valence-electron chi connectivity index (χ4n) is 0.552. The zero-order valence-electron chi connectivity index (χ0n) is 5.64. The molecule has 0 aliphatic heterocycles. The minimum absolute atomic E-state index is 0.221. The minimum atomic E-state index is -0.886. The van der Waals surface area contributed by atoms with Gasteiger partial charge in [0, 0.05) is 4.91 Å². The van der Waals surface area contributed by atoms with Gasteiger partial charge in [0.1, 0.15) is 6.07 Å². The number of hydrogen-bond acceptors (Lipinski definition) is 4. The summed E-state index contributed by atoms with van der Waals surface area (Å²) in [4.78, 5) is 8.91. The molecule has 0 unspecified atom stereocenters. The summed E-state index contributed by atoms with van der Waals surface area (Å²) < 4.78 is 12.3. The van der Waals surface area contributed by atoms with Crippen molar-refractivity contribution in [1.82, 2.24) is 9.97 Å². The van der Waals surface area contributed by atoms with Gasteiger partial charge >= 0.3 is 0 Å². The SMILES string of the molecule is N#Cc1nc(F)cnc1N=[N+]=[N-]. The average Bonchev–Trinajstić information content (AvgIpc) is 2.08. The van der Waals surface area contributed by atoms with Crippen molar-refractivity contribution in [2.24, 2.45) is 5.11 Å². The van der Waals surface area contributed by atoms with E-state index in [1.165, 1.54) is 0 Å². The highest BCUT2D eigenvalue weighted by molar-refractivity contribution is 5.41. The molecule has 7 heteroatoms. The van der Waals surface area contributed by atoms with Gasteiger partial charge in [-0.1, -0.05) is 0 Å². The van der Waals surface area contributed by atoms with Gasteiger partial charge in [0.2, 0.25) is 5.95 Å². The van der Waals surface area contributed by atoms with E-state index in [0.29, 0.717) is 0 Å². The largest absolute Gasteiger partial charge is 0.247 e. The summed E-state index contributed by atoms with van der Waals surface area (Å²) in [6.45, 7) is 0. The van der Waals surface area contributed by atoms with Gasteiger partial charge in [-0.15, -0.1) is 0 Å². The van der Waals surface area contributed by atoms with E-state index in [4.69, 9.17) is 10.8 Å². The summed E-state index contributed by atoms with van der Waals surface area (Å²) in [7, 11) is 0. The minimum Gasteiger partial charge on any atom is -0.247 e. The molecule has 0 N–H and O–H groups in total. The third kappa shape index (κ3) is 1.45. The predicted octanol–water partition coefficient (Wildman–Crippen LogP) is 1.43. The summed E-state index contributed by atoms with van der Waals surface area (Å²) in [5, 5.41) is 11.4. The van der Waals surface area contributed by atoms with Crippen LogP contribution in [-0.4, -0.2) is 9.97 Å². The highest BCUT2D eigenvalue weighted by atomic mass is 19.1. The van der Waals surface area contributed by atoms with Crippen LogP contribution >= 0.6 is 0 Å². The fraction of sp³-hybridized carbons (Fsp3) is 0. The lowest BCUT2D eigenvalue weighted by Gasteiger charge is -1.91. The first kappa shape index (κ1) is 7.91. The predicted molar refractivity (Wildman–Crippen MR) is 35.5 cm³/mol. The van der Waals surface area contributed by atoms with Crippen LogP contribution in [0.3, 0.4) is 0 Å². The second-order valence-corrected chi connectivity index (χ2v) is 1.67. The summed E-state index contributed by atoms with van der Waals surface area (Å²) >= 11 is 0. The van der Waals surface area contributed by atoms with Crippen LogP contribution in [0.2, 0.25) is 0 Å². The molecular weight excluding hydrogens is 163 g/mol. The van der Waals surface area contributed by atoms with E-state index in [1.54, 1.807) is 6.07 Å². The lowest BCUT2D eigenvalue weighted by atomic mass is 10.4. The van der Waals surface area contributed by atoms with Crippen LogP contribution in [0, 0.1) is 17.3 Å². The van der Waals surface area contributed by atoms with Crippen molar-refractivity contribution >= 4 is 5.82 Å². The molecule has 58 valence electrons. The van der Waals surface area contributed by atoms with Crippen molar-refractivity contribution in [2.75, 3.05) is 0 Å². The zero-order chi connectivity index (χ0) is 8.97. The van der Waals surface area contributed by atoms with Crippen LogP contribution in [0.25, 0.3) is 10.4 Å². The molecule has 6 nitrogen and oxygen atoms in total. The normalized spacial score (nSPS) is 8.33. The lowest BCUT2D eigenvalue weighted by Crippen LogP contribution is -1.90. The second-order valence-electron chi connectivity index (χ2n) is 1.67. The standard InChI is InChI=1S/C5HFN6/c6-4-2-9-5(11-12-8)3(1-7)10-4/h2H. The van der Waals surface area contributed by atoms with Gasteiger partial charge in [-0.25, -0.2) is 9.97 Å². The Kier molecular flexibility index (Phi) is 2.16. The summed E-state index contributed by atoms with van der Waals surface area (Å²) in [5.74, 6) is -1.11. The molecule has 1 aromatic rings. The Morgan fingerprint density at radius 2 is 2.50 bits per heavy atom. The number of nitrogens with zero attached hydrogens (tertiary/aromatic N) is 6. The van der Waals surface area contributed by atoms with Crippen LogP contribution in [0.5, 0.6) is 0 Å². The van der Waals surface area contributed by atoms with Crippen molar-refractivity contribution < 1.29 is 4.39 Å². The smallest absolute Gasteiger partial charge is 0.232 e. The third-order valence-corrected chi connectivity index (χ3v) is 0.969. The molecule has 12 heavy (non-hydrogen) atoms. The lowest BCUT2D eigenvalue weighted by molar-refractivity contribution is 0.575. The van der Waals surface area contributed by atoms with E-state index in [0.717, 1.165) is 6.20 Å². The first-order chi connectivity index (χ1) is 5.77. The van der Waals surface area contributed by atoms with Crippen LogP contribution < -0.4 is 0 Å². The Labute approximate surface area is 65.9 Å². The van der Waals surface area contributed by atoms with Gasteiger partial charge < -0.3 is 0 Å². The summed E-state index contributed by atoms with van der Waals surface area (Å²) in [5.41, 5.74) is 7.67. The Balaban J connectivity index is 3.31. The maximum atomic E-state index is 12.3. The maximum Gasteiger partial charge on any atom is 0.232 e. The van der Waals surface area contributed by atoms with Gasteiger partial charge in [0.05, 0.1) is 6.20 Å². The van der Waals surface area contributed by atoms with Gasteiger partial charge in [0.25, 0.3) is 0 Å². The number of nitriles is 1. The van der Waals surface area contributed by atoms with Gasteiger partial charge in [-0.2, -0.15) is 9.65 Å². The van der Waals surface area contributed by atoms with Crippen molar-refractivity contribution in [1.29, 1.82) is 5.26 Å². The Morgan fingerprint density at radius 1 is 1.75 bits per heavy atom. The number of aromatic nitrogens is 2. The van der Waals surface area contributed by atoms with Crippen LogP contribution in [0.15, 0.2) is 11.3 Å². The second kappa shape index (κ2) is 3.27. The van der Waals surface area contributed by atoms with Crippen LogP contribution in [0.4, 0.5) is 10.2 Å². The molecule has 1 heterocycles. The molecule has 0 radical (unpaired) electrons. The highest BCUT2D eigenvalue weighted by Crippen LogP contribution is 2.11. The molecule has 0 fully saturated rings. The van der Waals surface area contributed by atoms with E-state index in [2.05, 4.69) is 20.0 Å². The molecule has 0 spiro atoms. The molecule has 1 rings (SSSR count). The van der Waals surface area contributed by atoms with Crippen LogP contribution in [0.1, 0.15) is 5.69 Å². The average molecular weight is 164 g/mol. The van der Waals surface area contributed by atoms with Crippen molar-refractivity contribution in [3.05, 3.63) is 28.3 Å². The molecule has 0 bridgehead atoms. The van der Waals surface area contributed by atoms with Gasteiger partial charge in [-0.3, -0.25) is 0 Å². The number of hydrogen-bond donors (Lipinski definition) is 0. The van der Waals surface area contributed by atoms with Gasteiger partial charge in [0.15, 0.2) is 11.5 Å². The quantitative estimate of drug-likeness (QED) is 0.356. The molecule has 0 amide bonds.